The molecule has 16 heavy (non-hydrogen) atoms. The second kappa shape index (κ2) is 4.18. The lowest BCUT2D eigenvalue weighted by Crippen LogP contribution is -2.38. The molecule has 0 N–H and O–H groups in total. The molecule has 92 valence electrons. The summed E-state index contributed by atoms with van der Waals surface area (Å²) in [5.74, 6) is 0.656. The molecule has 0 aromatic heterocycles. The summed E-state index contributed by atoms with van der Waals surface area (Å²) in [7, 11) is -4.59. The van der Waals surface area contributed by atoms with E-state index < -0.39 is 33.5 Å². The molecular weight excluding hydrogens is 255 g/mol. The molecule has 0 amide bonds. The number of halogens is 1. The molecule has 2 fully saturated rings. The number of thioether (sulfide) groups is 1. The van der Waals surface area contributed by atoms with Crippen LogP contribution in [0, 0.1) is 5.41 Å². The number of esters is 1. The summed E-state index contributed by atoms with van der Waals surface area (Å²) in [6, 6.07) is 0. The van der Waals surface area contributed by atoms with Crippen LogP contribution in [-0.4, -0.2) is 37.7 Å². The first-order valence-corrected chi connectivity index (χ1v) is 7.82. The largest absolute Gasteiger partial charge is 0.461 e. The highest BCUT2D eigenvalue weighted by Gasteiger charge is 2.50. The van der Waals surface area contributed by atoms with Crippen LogP contribution in [0.15, 0.2) is 0 Å². The average Bonchev–Trinajstić information content (AvgIpc) is 2.41. The Morgan fingerprint density at radius 2 is 2.06 bits per heavy atom. The van der Waals surface area contributed by atoms with Crippen molar-refractivity contribution in [2.75, 3.05) is 17.3 Å². The molecule has 1 unspecified atom stereocenters. The van der Waals surface area contributed by atoms with Gasteiger partial charge in [0.1, 0.15) is 11.9 Å². The van der Waals surface area contributed by atoms with Crippen molar-refractivity contribution in [3.63, 3.8) is 0 Å². The summed E-state index contributed by atoms with van der Waals surface area (Å²) in [6.07, 6.45) is 0.886. The maximum Gasteiger partial charge on any atom is 0.306 e. The molecule has 0 aliphatic carbocycles. The van der Waals surface area contributed by atoms with Gasteiger partial charge in [-0.05, 0) is 24.3 Å². The predicted octanol–water partition coefficient (Wildman–Crippen LogP) is 1.11. The fourth-order valence-corrected chi connectivity index (χ4v) is 4.48. The molecule has 1 spiro atoms. The van der Waals surface area contributed by atoms with Gasteiger partial charge in [-0.25, -0.2) is 0 Å². The Morgan fingerprint density at radius 1 is 1.44 bits per heavy atom. The van der Waals surface area contributed by atoms with Crippen molar-refractivity contribution >= 4 is 28.0 Å². The Labute approximate surface area is 98.1 Å². The first-order valence-electron chi connectivity index (χ1n) is 5.11. The topological polar surface area (TPSA) is 60.4 Å². The van der Waals surface area contributed by atoms with Crippen molar-refractivity contribution in [3.05, 3.63) is 0 Å². The van der Waals surface area contributed by atoms with Gasteiger partial charge in [0, 0.05) is 5.41 Å². The smallest absolute Gasteiger partial charge is 0.306 e. The van der Waals surface area contributed by atoms with Crippen molar-refractivity contribution in [3.8, 4) is 0 Å². The van der Waals surface area contributed by atoms with Crippen LogP contribution in [0.2, 0.25) is 0 Å². The highest BCUT2D eigenvalue weighted by Crippen LogP contribution is 2.47. The van der Waals surface area contributed by atoms with Gasteiger partial charge in [0.15, 0.2) is 0 Å². The Morgan fingerprint density at radius 3 is 2.62 bits per heavy atom. The summed E-state index contributed by atoms with van der Waals surface area (Å²) < 4.78 is 39.0. The lowest BCUT2D eigenvalue weighted by Gasteiger charge is -2.35. The van der Waals surface area contributed by atoms with Gasteiger partial charge in [-0.3, -0.25) is 4.79 Å². The third-order valence-corrected chi connectivity index (χ3v) is 4.98. The minimum atomic E-state index is -4.59. The third kappa shape index (κ3) is 2.51. The quantitative estimate of drug-likeness (QED) is 0.554. The molecule has 2 saturated heterocycles. The molecule has 1 atom stereocenters. The molecule has 2 rings (SSSR count). The monoisotopic (exact) mass is 268 g/mol. The Kier molecular flexibility index (Phi) is 3.18. The summed E-state index contributed by atoms with van der Waals surface area (Å²) in [6.45, 7) is 0. The van der Waals surface area contributed by atoms with E-state index in [4.69, 9.17) is 4.74 Å². The van der Waals surface area contributed by atoms with Crippen LogP contribution in [0.5, 0.6) is 0 Å². The molecule has 7 heteroatoms. The molecule has 0 aromatic carbocycles. The number of ether oxygens (including phenoxy) is 1. The molecular formula is C9H13FO4S2. The van der Waals surface area contributed by atoms with Gasteiger partial charge in [0.2, 0.25) is 0 Å². The minimum absolute atomic E-state index is 0.230. The molecule has 2 aliphatic heterocycles. The highest BCUT2D eigenvalue weighted by molar-refractivity contribution is 7.99. The molecule has 0 saturated carbocycles. The van der Waals surface area contributed by atoms with Gasteiger partial charge >= 0.3 is 16.2 Å². The zero-order valence-electron chi connectivity index (χ0n) is 8.65. The number of carbonyl (C=O) groups excluding carboxylic acids is 1. The fourth-order valence-electron chi connectivity index (χ4n) is 2.39. The van der Waals surface area contributed by atoms with E-state index in [2.05, 4.69) is 0 Å². The molecule has 0 aromatic rings. The second-order valence-electron chi connectivity index (χ2n) is 4.34. The second-order valence-corrected chi connectivity index (χ2v) is 6.97. The number of rotatable bonds is 2. The third-order valence-electron chi connectivity index (χ3n) is 3.29. The van der Waals surface area contributed by atoms with Crippen LogP contribution < -0.4 is 0 Å². The van der Waals surface area contributed by atoms with Gasteiger partial charge in [-0.15, -0.1) is 3.89 Å². The minimum Gasteiger partial charge on any atom is -0.461 e. The normalized spacial score (nSPS) is 29.3. The van der Waals surface area contributed by atoms with E-state index >= 15 is 0 Å². The van der Waals surface area contributed by atoms with Crippen LogP contribution in [0.4, 0.5) is 3.89 Å². The summed E-state index contributed by atoms with van der Waals surface area (Å²) in [5, 5.41) is 0. The molecule has 0 bridgehead atoms. The summed E-state index contributed by atoms with van der Waals surface area (Å²) >= 11 is 1.77. The molecule has 0 radical (unpaired) electrons. The zero-order chi connectivity index (χ0) is 11.8. The number of carbonyl (C=O) groups is 1. The predicted molar refractivity (Wildman–Crippen MR) is 58.4 cm³/mol. The average molecular weight is 268 g/mol. The van der Waals surface area contributed by atoms with Crippen LogP contribution in [-0.2, 0) is 19.8 Å². The lowest BCUT2D eigenvalue weighted by atomic mass is 9.76. The number of cyclic esters (lactones) is 1. The van der Waals surface area contributed by atoms with Crippen LogP contribution in [0.25, 0.3) is 0 Å². The van der Waals surface area contributed by atoms with Crippen molar-refractivity contribution in [2.45, 2.75) is 25.4 Å². The maximum absolute atomic E-state index is 12.7. The van der Waals surface area contributed by atoms with E-state index in [0.717, 1.165) is 24.3 Å². The van der Waals surface area contributed by atoms with Crippen LogP contribution >= 0.6 is 11.8 Å². The van der Waals surface area contributed by atoms with Gasteiger partial charge < -0.3 is 4.74 Å². The number of hydrogen-bond donors (Lipinski definition) is 0. The van der Waals surface area contributed by atoms with Crippen LogP contribution in [0.3, 0.4) is 0 Å². The van der Waals surface area contributed by atoms with E-state index in [1.54, 1.807) is 11.8 Å². The Balaban J connectivity index is 2.18. The summed E-state index contributed by atoms with van der Waals surface area (Å²) in [5.41, 5.74) is -0.443. The van der Waals surface area contributed by atoms with Gasteiger partial charge in [0.25, 0.3) is 0 Å². The highest BCUT2D eigenvalue weighted by atomic mass is 32.3. The Bertz CT molecular complexity index is 386. The van der Waals surface area contributed by atoms with E-state index in [1.807, 2.05) is 0 Å². The molecule has 4 nitrogen and oxygen atoms in total. The summed E-state index contributed by atoms with van der Waals surface area (Å²) in [4.78, 5) is 11.3. The van der Waals surface area contributed by atoms with Crippen molar-refractivity contribution in [2.24, 2.45) is 5.41 Å². The van der Waals surface area contributed by atoms with Crippen molar-refractivity contribution in [1.82, 2.24) is 0 Å². The maximum atomic E-state index is 12.7. The molecule has 2 heterocycles. The molecule has 2 aliphatic rings. The van der Waals surface area contributed by atoms with Gasteiger partial charge in [-0.2, -0.15) is 20.2 Å². The van der Waals surface area contributed by atoms with E-state index in [0.29, 0.717) is 0 Å². The number of hydrogen-bond acceptors (Lipinski definition) is 5. The van der Waals surface area contributed by atoms with Gasteiger partial charge in [0.05, 0.1) is 6.42 Å². The van der Waals surface area contributed by atoms with E-state index in [9.17, 15) is 17.1 Å². The van der Waals surface area contributed by atoms with Crippen LogP contribution in [0.1, 0.15) is 19.3 Å². The first kappa shape index (κ1) is 12.2. The van der Waals surface area contributed by atoms with E-state index in [1.165, 1.54) is 0 Å². The zero-order valence-corrected chi connectivity index (χ0v) is 10.3. The fraction of sp³-hybridized carbons (Fsp3) is 0.889. The van der Waals surface area contributed by atoms with Gasteiger partial charge in [-0.1, -0.05) is 0 Å². The lowest BCUT2D eigenvalue weighted by molar-refractivity contribution is -0.141. The van der Waals surface area contributed by atoms with E-state index in [-0.39, 0.29) is 6.42 Å². The Hall–Kier alpha value is -0.300. The first-order chi connectivity index (χ1) is 7.41. The van der Waals surface area contributed by atoms with Crippen molar-refractivity contribution < 1.29 is 21.8 Å². The SMILES string of the molecule is O=C1CC2(CCSCC2)C(CS(=O)(=O)F)O1. The van der Waals surface area contributed by atoms with Crippen molar-refractivity contribution in [1.29, 1.82) is 0 Å². The standard InChI is InChI=1S/C9H13FO4S2/c10-16(12,13)6-7-9(5-8(11)14-7)1-3-15-4-2-9/h7H,1-6H2.